The van der Waals surface area contributed by atoms with Crippen molar-refractivity contribution in [2.45, 2.75) is 19.1 Å². The maximum Gasteiger partial charge on any atom is 0.318 e. The first-order valence-electron chi connectivity index (χ1n) is 12.5. The van der Waals surface area contributed by atoms with E-state index < -0.39 is 24.1 Å². The minimum atomic E-state index is -1.23. The van der Waals surface area contributed by atoms with Gasteiger partial charge in [0.2, 0.25) is 0 Å². The number of rotatable bonds is 5. The number of hydrogen-bond donors (Lipinski definition) is 5. The summed E-state index contributed by atoms with van der Waals surface area (Å²) in [6.45, 7) is 7.62. The van der Waals surface area contributed by atoms with Gasteiger partial charge in [0.05, 0.1) is 6.10 Å². The largest absolute Gasteiger partial charge is 0.391 e. The molecule has 196 valence electrons. The fourth-order valence-corrected chi connectivity index (χ4v) is 4.45. The number of anilines is 2. The van der Waals surface area contributed by atoms with Gasteiger partial charge in [-0.25, -0.2) is 10.3 Å². The fourth-order valence-electron chi connectivity index (χ4n) is 4.45. The zero-order chi connectivity index (χ0) is 26.2. The first-order chi connectivity index (χ1) is 17.9. The molecule has 2 atom stereocenters. The highest BCUT2D eigenvalue weighted by Gasteiger charge is 2.29. The number of carbonyl (C=O) groups is 2. The standard InChI is InChI=1S/C27H34N6O4/c1-20(34)25(26(35)30-37)29-27(36)33-18-16-32(17-19-33)24-10-6-22(7-11-24)3-2-21-4-8-23(9-5-21)31-14-12-28-13-15-31/h4-11,20,25,28,34,37H,12-19H2,1H3,(H,29,36)(H,30,35)/t20-,25+/m1/s1. The molecule has 3 amide bonds. The Bertz CT molecular complexity index is 1110. The van der Waals surface area contributed by atoms with E-state index in [1.54, 1.807) is 4.90 Å². The van der Waals surface area contributed by atoms with Crippen molar-refractivity contribution in [2.24, 2.45) is 0 Å². The van der Waals surface area contributed by atoms with Gasteiger partial charge in [0.25, 0.3) is 5.91 Å². The van der Waals surface area contributed by atoms with Crippen LogP contribution < -0.4 is 25.9 Å². The predicted molar refractivity (Wildman–Crippen MR) is 142 cm³/mol. The molecule has 0 aliphatic carbocycles. The van der Waals surface area contributed by atoms with E-state index in [1.807, 2.05) is 24.3 Å². The third-order valence-electron chi connectivity index (χ3n) is 6.65. The van der Waals surface area contributed by atoms with Gasteiger partial charge in [0.15, 0.2) is 0 Å². The lowest BCUT2D eigenvalue weighted by Gasteiger charge is -2.36. The molecule has 5 N–H and O–H groups in total. The van der Waals surface area contributed by atoms with Crippen LogP contribution in [-0.4, -0.2) is 91.7 Å². The van der Waals surface area contributed by atoms with Gasteiger partial charge >= 0.3 is 6.03 Å². The maximum atomic E-state index is 12.5. The van der Waals surface area contributed by atoms with Crippen LogP contribution in [0.3, 0.4) is 0 Å². The van der Waals surface area contributed by atoms with Gasteiger partial charge in [-0.2, -0.15) is 0 Å². The summed E-state index contributed by atoms with van der Waals surface area (Å²) in [5, 5.41) is 24.4. The Hall–Kier alpha value is -3.78. The summed E-state index contributed by atoms with van der Waals surface area (Å²) in [6.07, 6.45) is -1.14. The van der Waals surface area contributed by atoms with Crippen LogP contribution in [0.1, 0.15) is 18.1 Å². The summed E-state index contributed by atoms with van der Waals surface area (Å²) in [5.41, 5.74) is 5.65. The number of nitrogens with zero attached hydrogens (tertiary/aromatic N) is 3. The van der Waals surface area contributed by atoms with E-state index in [9.17, 15) is 14.7 Å². The van der Waals surface area contributed by atoms with Gasteiger partial charge in [-0.05, 0) is 55.5 Å². The predicted octanol–water partition coefficient (Wildman–Crippen LogP) is 0.582. The molecule has 2 aliphatic rings. The van der Waals surface area contributed by atoms with Gasteiger partial charge in [0, 0.05) is 74.9 Å². The summed E-state index contributed by atoms with van der Waals surface area (Å²) in [7, 11) is 0. The highest BCUT2D eigenvalue weighted by atomic mass is 16.5. The van der Waals surface area contributed by atoms with Crippen LogP contribution in [0.5, 0.6) is 0 Å². The Labute approximate surface area is 217 Å². The molecule has 0 bridgehead atoms. The second-order valence-corrected chi connectivity index (χ2v) is 9.20. The number of carbonyl (C=O) groups excluding carboxylic acids is 2. The van der Waals surface area contributed by atoms with Crippen LogP contribution >= 0.6 is 0 Å². The Morgan fingerprint density at radius 2 is 1.32 bits per heavy atom. The molecule has 0 unspecified atom stereocenters. The summed E-state index contributed by atoms with van der Waals surface area (Å²) in [4.78, 5) is 30.3. The average molecular weight is 507 g/mol. The van der Waals surface area contributed by atoms with Crippen LogP contribution in [0.4, 0.5) is 16.2 Å². The van der Waals surface area contributed by atoms with Crippen molar-refractivity contribution >= 4 is 23.3 Å². The molecule has 2 aromatic rings. The molecule has 10 heteroatoms. The minimum Gasteiger partial charge on any atom is -0.391 e. The lowest BCUT2D eigenvalue weighted by Crippen LogP contribution is -2.58. The molecule has 2 saturated heterocycles. The summed E-state index contributed by atoms with van der Waals surface area (Å²) in [6, 6.07) is 14.8. The van der Waals surface area contributed by atoms with Crippen molar-refractivity contribution in [3.05, 3.63) is 59.7 Å². The number of benzene rings is 2. The zero-order valence-electron chi connectivity index (χ0n) is 21.0. The zero-order valence-corrected chi connectivity index (χ0v) is 21.0. The van der Waals surface area contributed by atoms with E-state index in [1.165, 1.54) is 18.1 Å². The molecule has 0 spiro atoms. The number of amides is 3. The van der Waals surface area contributed by atoms with E-state index >= 15 is 0 Å². The molecule has 2 heterocycles. The molecule has 37 heavy (non-hydrogen) atoms. The van der Waals surface area contributed by atoms with E-state index in [2.05, 4.69) is 56.5 Å². The summed E-state index contributed by atoms with van der Waals surface area (Å²) < 4.78 is 0. The molecule has 10 nitrogen and oxygen atoms in total. The van der Waals surface area contributed by atoms with Gasteiger partial charge in [-0.1, -0.05) is 11.8 Å². The van der Waals surface area contributed by atoms with Crippen LogP contribution in [0.15, 0.2) is 48.5 Å². The van der Waals surface area contributed by atoms with E-state index in [0.29, 0.717) is 26.2 Å². The van der Waals surface area contributed by atoms with E-state index in [-0.39, 0.29) is 0 Å². The number of urea groups is 1. The molecule has 2 aromatic carbocycles. The number of hydrogen-bond acceptors (Lipinski definition) is 7. The smallest absolute Gasteiger partial charge is 0.318 e. The fraction of sp³-hybridized carbons (Fsp3) is 0.407. The number of aliphatic hydroxyl groups excluding tert-OH is 1. The molecule has 0 aromatic heterocycles. The average Bonchev–Trinajstić information content (AvgIpc) is 2.95. The van der Waals surface area contributed by atoms with E-state index in [0.717, 1.165) is 43.0 Å². The molecule has 0 radical (unpaired) electrons. The first-order valence-corrected chi connectivity index (χ1v) is 12.5. The van der Waals surface area contributed by atoms with Crippen molar-refractivity contribution < 1.29 is 19.9 Å². The third kappa shape index (κ3) is 6.92. The molecule has 2 fully saturated rings. The van der Waals surface area contributed by atoms with Crippen molar-refractivity contribution in [1.82, 2.24) is 21.0 Å². The SMILES string of the molecule is C[C@@H](O)[C@H](NC(=O)N1CCN(c2ccc(C#Cc3ccc(N4CCNCC4)cc3)cc2)CC1)C(=O)NO. The number of piperazine rings is 2. The lowest BCUT2D eigenvalue weighted by atomic mass is 10.1. The number of hydroxylamine groups is 1. The Balaban J connectivity index is 1.28. The second-order valence-electron chi connectivity index (χ2n) is 9.20. The summed E-state index contributed by atoms with van der Waals surface area (Å²) >= 11 is 0. The Kier molecular flexibility index (Phi) is 8.85. The molecule has 2 aliphatic heterocycles. The van der Waals surface area contributed by atoms with Crippen LogP contribution in [0, 0.1) is 11.8 Å². The van der Waals surface area contributed by atoms with Crippen molar-refractivity contribution in [1.29, 1.82) is 0 Å². The normalized spacial score (nSPS) is 17.3. The maximum absolute atomic E-state index is 12.5. The number of nitrogens with one attached hydrogen (secondary N) is 3. The Morgan fingerprint density at radius 3 is 1.78 bits per heavy atom. The van der Waals surface area contributed by atoms with Gasteiger partial charge in [-0.15, -0.1) is 0 Å². The number of aliphatic hydroxyl groups is 1. The monoisotopic (exact) mass is 506 g/mol. The van der Waals surface area contributed by atoms with Crippen LogP contribution in [-0.2, 0) is 4.79 Å². The van der Waals surface area contributed by atoms with Gasteiger partial charge < -0.3 is 30.4 Å². The minimum absolute atomic E-state index is 0.458. The summed E-state index contributed by atoms with van der Waals surface area (Å²) in [5.74, 6) is 5.60. The highest BCUT2D eigenvalue weighted by Crippen LogP contribution is 2.18. The van der Waals surface area contributed by atoms with Gasteiger partial charge in [-0.3, -0.25) is 10.0 Å². The second kappa shape index (κ2) is 12.5. The van der Waals surface area contributed by atoms with Crippen LogP contribution in [0.25, 0.3) is 0 Å². The topological polar surface area (TPSA) is 120 Å². The van der Waals surface area contributed by atoms with E-state index in [4.69, 9.17) is 5.21 Å². The van der Waals surface area contributed by atoms with Crippen molar-refractivity contribution in [3.8, 4) is 11.8 Å². The highest BCUT2D eigenvalue weighted by molar-refractivity contribution is 5.87. The molecule has 0 saturated carbocycles. The molecular weight excluding hydrogens is 472 g/mol. The first kappa shape index (κ1) is 26.3. The molecule has 4 rings (SSSR count). The lowest BCUT2D eigenvalue weighted by molar-refractivity contribution is -0.133. The van der Waals surface area contributed by atoms with Gasteiger partial charge in [0.1, 0.15) is 6.04 Å². The van der Waals surface area contributed by atoms with Crippen molar-refractivity contribution in [2.75, 3.05) is 62.2 Å². The van der Waals surface area contributed by atoms with Crippen molar-refractivity contribution in [3.63, 3.8) is 0 Å². The molecular formula is C27H34N6O4. The Morgan fingerprint density at radius 1 is 0.838 bits per heavy atom. The van der Waals surface area contributed by atoms with Crippen LogP contribution in [0.2, 0.25) is 0 Å². The third-order valence-corrected chi connectivity index (χ3v) is 6.65. The quantitative estimate of drug-likeness (QED) is 0.229.